The van der Waals surface area contributed by atoms with Crippen LogP contribution in [0.4, 0.5) is 0 Å². The lowest BCUT2D eigenvalue weighted by atomic mass is 9.84. The van der Waals surface area contributed by atoms with Gasteiger partial charge in [0, 0.05) is 19.2 Å². The van der Waals surface area contributed by atoms with Crippen molar-refractivity contribution in [2.45, 2.75) is 49.6 Å². The molecular weight excluding hydrogens is 386 g/mol. The Balaban J connectivity index is 1.74. The zero-order chi connectivity index (χ0) is 20.4. The van der Waals surface area contributed by atoms with Crippen molar-refractivity contribution in [3.05, 3.63) is 11.8 Å². The smallest absolute Gasteiger partial charge is 0.358 e. The minimum absolute atomic E-state index is 0.0859. The maximum atomic E-state index is 12.9. The van der Waals surface area contributed by atoms with Crippen molar-refractivity contribution in [2.75, 3.05) is 32.8 Å². The van der Waals surface area contributed by atoms with Crippen molar-refractivity contribution < 1.29 is 22.7 Å². The highest BCUT2D eigenvalue weighted by Gasteiger charge is 2.47. The molecule has 1 amide bonds. The predicted octanol–water partition coefficient (Wildman–Crippen LogP) is 0.0809. The number of nitrogens with zero attached hydrogens (tertiary/aromatic N) is 3. The van der Waals surface area contributed by atoms with E-state index in [2.05, 4.69) is 15.1 Å². The first-order valence-corrected chi connectivity index (χ1v) is 11.0. The second-order valence-electron chi connectivity index (χ2n) is 7.19. The third-order valence-corrected chi connectivity index (χ3v) is 7.44. The van der Waals surface area contributed by atoms with E-state index < -0.39 is 27.4 Å². The molecule has 0 saturated carbocycles. The molecular formula is C17H27N5O5S. The summed E-state index contributed by atoms with van der Waals surface area (Å²) in [4.78, 5) is 26.1. The molecule has 156 valence electrons. The van der Waals surface area contributed by atoms with Gasteiger partial charge in [0.05, 0.1) is 6.61 Å². The molecule has 3 heterocycles. The summed E-state index contributed by atoms with van der Waals surface area (Å²) < 4.78 is 32.0. The Morgan fingerprint density at radius 2 is 1.86 bits per heavy atom. The Labute approximate surface area is 164 Å². The van der Waals surface area contributed by atoms with Gasteiger partial charge in [-0.25, -0.2) is 13.2 Å². The number of sulfonamides is 1. The molecule has 1 aromatic rings. The van der Waals surface area contributed by atoms with Crippen LogP contribution in [0, 0.1) is 0 Å². The summed E-state index contributed by atoms with van der Waals surface area (Å²) in [7, 11) is -3.86. The van der Waals surface area contributed by atoms with E-state index in [0.717, 1.165) is 32.4 Å². The molecule has 0 aliphatic carbocycles. The molecule has 2 aliphatic heterocycles. The number of amides is 1. The molecule has 0 spiro atoms. The number of nitrogens with one attached hydrogen (secondary N) is 1. The van der Waals surface area contributed by atoms with Gasteiger partial charge in [-0.15, -0.1) is 0 Å². The molecule has 28 heavy (non-hydrogen) atoms. The van der Waals surface area contributed by atoms with E-state index in [0.29, 0.717) is 12.8 Å². The van der Waals surface area contributed by atoms with Crippen molar-refractivity contribution in [2.24, 2.45) is 5.73 Å². The zero-order valence-corrected chi connectivity index (χ0v) is 16.8. The maximum absolute atomic E-state index is 12.9. The van der Waals surface area contributed by atoms with Crippen LogP contribution in [0.3, 0.4) is 0 Å². The van der Waals surface area contributed by atoms with Crippen molar-refractivity contribution in [3.63, 3.8) is 0 Å². The number of hydrogen-bond acceptors (Lipinski definition) is 7. The molecule has 0 atom stereocenters. The van der Waals surface area contributed by atoms with E-state index in [1.807, 2.05) is 0 Å². The van der Waals surface area contributed by atoms with Crippen molar-refractivity contribution in [1.82, 2.24) is 19.4 Å². The Bertz CT molecular complexity index is 823. The van der Waals surface area contributed by atoms with Gasteiger partial charge in [-0.2, -0.15) is 9.40 Å². The van der Waals surface area contributed by atoms with Gasteiger partial charge in [-0.1, -0.05) is 6.42 Å². The topological polar surface area (TPSA) is 139 Å². The first-order chi connectivity index (χ1) is 13.3. The number of aromatic nitrogens is 2. The summed E-state index contributed by atoms with van der Waals surface area (Å²) in [5, 5.41) is 5.98. The van der Waals surface area contributed by atoms with Crippen LogP contribution in [-0.4, -0.2) is 78.0 Å². The molecule has 2 aliphatic rings. The SMILES string of the molecule is CCOC(=O)c1cc(S(=O)(=O)N2CCC(C(N)=O)(N3CCCCC3)CC2)[nH]n1. The van der Waals surface area contributed by atoms with Gasteiger partial charge in [-0.3, -0.25) is 14.8 Å². The van der Waals surface area contributed by atoms with Gasteiger partial charge in [0.1, 0.15) is 5.54 Å². The van der Waals surface area contributed by atoms with Gasteiger partial charge < -0.3 is 10.5 Å². The van der Waals surface area contributed by atoms with E-state index in [1.54, 1.807) is 6.92 Å². The average molecular weight is 414 g/mol. The molecule has 3 N–H and O–H groups in total. The minimum Gasteiger partial charge on any atom is -0.461 e. The molecule has 0 unspecified atom stereocenters. The number of carbonyl (C=O) groups excluding carboxylic acids is 2. The number of esters is 1. The van der Waals surface area contributed by atoms with Gasteiger partial charge >= 0.3 is 5.97 Å². The minimum atomic E-state index is -3.86. The highest BCUT2D eigenvalue weighted by Crippen LogP contribution is 2.33. The number of primary amides is 1. The van der Waals surface area contributed by atoms with Crippen LogP contribution in [0.15, 0.2) is 11.1 Å². The van der Waals surface area contributed by atoms with Crippen LogP contribution in [0.5, 0.6) is 0 Å². The second kappa shape index (κ2) is 8.18. The van der Waals surface area contributed by atoms with E-state index in [4.69, 9.17) is 10.5 Å². The summed E-state index contributed by atoms with van der Waals surface area (Å²) in [6.45, 7) is 3.79. The summed E-state index contributed by atoms with van der Waals surface area (Å²) in [6, 6.07) is 1.17. The third-order valence-electron chi connectivity index (χ3n) is 5.63. The van der Waals surface area contributed by atoms with Crippen LogP contribution >= 0.6 is 0 Å². The largest absolute Gasteiger partial charge is 0.461 e. The third kappa shape index (κ3) is 3.78. The quantitative estimate of drug-likeness (QED) is 0.630. The van der Waals surface area contributed by atoms with Gasteiger partial charge in [0.15, 0.2) is 10.7 Å². The summed E-state index contributed by atoms with van der Waals surface area (Å²) >= 11 is 0. The predicted molar refractivity (Wildman–Crippen MR) is 99.9 cm³/mol. The van der Waals surface area contributed by atoms with E-state index in [-0.39, 0.29) is 30.4 Å². The van der Waals surface area contributed by atoms with Crippen molar-refractivity contribution >= 4 is 21.9 Å². The number of hydrogen-bond donors (Lipinski definition) is 2. The Morgan fingerprint density at radius 3 is 2.43 bits per heavy atom. The molecule has 0 radical (unpaired) electrons. The maximum Gasteiger partial charge on any atom is 0.358 e. The van der Waals surface area contributed by atoms with Gasteiger partial charge in [0.2, 0.25) is 5.91 Å². The fraction of sp³-hybridized carbons (Fsp3) is 0.706. The first-order valence-electron chi connectivity index (χ1n) is 9.59. The zero-order valence-electron chi connectivity index (χ0n) is 16.0. The van der Waals surface area contributed by atoms with E-state index in [9.17, 15) is 18.0 Å². The van der Waals surface area contributed by atoms with Crippen molar-refractivity contribution in [1.29, 1.82) is 0 Å². The molecule has 2 saturated heterocycles. The average Bonchev–Trinajstić information content (AvgIpc) is 3.20. The summed E-state index contributed by atoms with van der Waals surface area (Å²) in [5.74, 6) is -1.07. The monoisotopic (exact) mass is 413 g/mol. The Kier molecular flexibility index (Phi) is 6.06. The number of nitrogens with two attached hydrogens (primary N) is 1. The Morgan fingerprint density at radius 1 is 1.21 bits per heavy atom. The van der Waals surface area contributed by atoms with Crippen molar-refractivity contribution in [3.8, 4) is 0 Å². The molecule has 1 aromatic heterocycles. The van der Waals surface area contributed by atoms with Crippen LogP contribution in [0.25, 0.3) is 0 Å². The fourth-order valence-electron chi connectivity index (χ4n) is 4.02. The molecule has 2 fully saturated rings. The molecule has 3 rings (SSSR count). The lowest BCUT2D eigenvalue weighted by Crippen LogP contribution is -2.63. The standard InChI is InChI=1S/C17H27N5O5S/c1-2-27-15(23)13-12-14(20-19-13)28(25,26)22-10-6-17(7-11-22,16(18)24)21-8-4-3-5-9-21/h12H,2-11H2,1H3,(H2,18,24)(H,19,20). The normalized spacial score (nSPS) is 21.3. The molecule has 10 nitrogen and oxygen atoms in total. The van der Waals surface area contributed by atoms with Crippen LogP contribution < -0.4 is 5.73 Å². The number of piperidine rings is 2. The highest BCUT2D eigenvalue weighted by molar-refractivity contribution is 7.89. The number of H-pyrrole nitrogens is 1. The van der Waals surface area contributed by atoms with Crippen LogP contribution in [0.2, 0.25) is 0 Å². The molecule has 0 bridgehead atoms. The number of ether oxygens (including phenoxy) is 1. The van der Waals surface area contributed by atoms with Gasteiger partial charge in [0.25, 0.3) is 10.0 Å². The fourth-order valence-corrected chi connectivity index (χ4v) is 5.38. The number of rotatable bonds is 6. The van der Waals surface area contributed by atoms with E-state index >= 15 is 0 Å². The number of likely N-dealkylation sites (tertiary alicyclic amines) is 1. The summed E-state index contributed by atoms with van der Waals surface area (Å²) in [6.07, 6.45) is 3.86. The molecule has 0 aromatic carbocycles. The number of aromatic amines is 1. The Hall–Kier alpha value is -1.98. The number of carbonyl (C=O) groups is 2. The van der Waals surface area contributed by atoms with E-state index in [1.165, 1.54) is 10.4 Å². The lowest BCUT2D eigenvalue weighted by molar-refractivity contribution is -0.134. The second-order valence-corrected chi connectivity index (χ2v) is 9.09. The first kappa shape index (κ1) is 20.7. The lowest BCUT2D eigenvalue weighted by Gasteiger charge is -2.47. The van der Waals surface area contributed by atoms with Crippen LogP contribution in [-0.2, 0) is 19.6 Å². The highest BCUT2D eigenvalue weighted by atomic mass is 32.2. The molecule has 11 heteroatoms. The van der Waals surface area contributed by atoms with Crippen LogP contribution in [0.1, 0.15) is 49.5 Å². The van der Waals surface area contributed by atoms with Gasteiger partial charge in [-0.05, 0) is 45.7 Å². The summed E-state index contributed by atoms with van der Waals surface area (Å²) in [5.41, 5.74) is 4.87.